The first-order chi connectivity index (χ1) is 39.2. The second-order valence-electron chi connectivity index (χ2n) is 20.6. The van der Waals surface area contributed by atoms with E-state index in [1.807, 2.05) is 121 Å². The molecule has 0 aromatic heterocycles. The topological polar surface area (TPSA) is 95.1 Å². The summed E-state index contributed by atoms with van der Waals surface area (Å²) in [6.45, 7) is -1.24. The van der Waals surface area contributed by atoms with Gasteiger partial charge in [0.15, 0.2) is 13.2 Å². The maximum Gasteiger partial charge on any atom is 0.411 e. The van der Waals surface area contributed by atoms with Gasteiger partial charge in [-0.1, -0.05) is 183 Å². The van der Waals surface area contributed by atoms with Crippen LogP contribution in [-0.4, -0.2) is 49.5 Å². The maximum atomic E-state index is 15.6. The summed E-state index contributed by atoms with van der Waals surface area (Å²) < 4.78 is 120. The molecule has 0 saturated heterocycles. The number of rotatable bonds is 0. The number of nitrogens with one attached hydrogen (secondary N) is 2. The van der Waals surface area contributed by atoms with E-state index in [4.69, 9.17) is 18.9 Å². The van der Waals surface area contributed by atoms with Crippen molar-refractivity contribution in [3.05, 3.63) is 216 Å². The highest BCUT2D eigenvalue weighted by Gasteiger charge is 2.72. The van der Waals surface area contributed by atoms with Crippen molar-refractivity contribution in [1.82, 2.24) is 10.6 Å². The second kappa shape index (κ2) is 21.5. The SMILES string of the molecule is O=C1COc2ccc3ccccc3c2-c2c(ccc3ccccc23)OCc2ccc(cc2)C(C(F)(F)F)(C(F)(F)F)c2ccc(cc2)COc2ccc3ccccc3c2-c2c(ccc3ccccc23)OCC(=O)N[C@@H]2CCCC[C@H]2N1. The van der Waals surface area contributed by atoms with Crippen LogP contribution < -0.4 is 29.6 Å². The third-order valence-electron chi connectivity index (χ3n) is 15.7. The molecule has 14 rings (SSSR count). The van der Waals surface area contributed by atoms with Crippen molar-refractivity contribution < 1.29 is 54.9 Å². The highest BCUT2D eigenvalue weighted by molar-refractivity contribution is 6.11. The van der Waals surface area contributed by atoms with Crippen molar-refractivity contribution in [3.8, 4) is 45.3 Å². The standard InChI is InChI=1S/C67H52F6N2O6/c68-66(69,70)65(67(71,72)73)47-29-21-41(22-30-47)37-78-55-33-25-43-11-1-5-15-49(43)61(55)63-51-17-7-3-13-45(51)27-35-57(63)80-39-59(76)74-53-19-9-10-20-54(53)75-60(77)40-81-58-36-28-46-14-4-8-18-52(46)64(58)62-50-16-6-2-12-44(50)26-34-56(62)79-38-42-23-31-48(65)32-24-42/h1-8,11-18,21-36,53-54H,9-10,19-20,37-40H2,(H,74,76)(H,75,77)/t53-,54-/m1/s1. The van der Waals surface area contributed by atoms with Crippen LogP contribution in [0.4, 0.5) is 26.3 Å². The lowest BCUT2D eigenvalue weighted by atomic mass is 9.72. The van der Waals surface area contributed by atoms with Gasteiger partial charge in [0.25, 0.3) is 11.8 Å². The minimum Gasteiger partial charge on any atom is -0.488 e. The van der Waals surface area contributed by atoms with Gasteiger partial charge in [-0.15, -0.1) is 0 Å². The molecule has 14 heteroatoms. The fraction of sp³-hybridized carbons (Fsp3) is 0.194. The molecule has 2 N–H and O–H groups in total. The molecule has 10 aromatic carbocycles. The largest absolute Gasteiger partial charge is 0.488 e. The van der Waals surface area contributed by atoms with Gasteiger partial charge in [0.1, 0.15) is 36.2 Å². The van der Waals surface area contributed by atoms with Crippen molar-refractivity contribution in [2.24, 2.45) is 0 Å². The summed E-state index contributed by atoms with van der Waals surface area (Å²) in [6.07, 6.45) is -8.77. The lowest BCUT2D eigenvalue weighted by Crippen LogP contribution is -2.54. The molecule has 0 unspecified atom stereocenters. The van der Waals surface area contributed by atoms with Gasteiger partial charge in [0, 0.05) is 34.3 Å². The van der Waals surface area contributed by atoms with E-state index in [9.17, 15) is 9.59 Å². The third-order valence-corrected chi connectivity index (χ3v) is 15.7. The van der Waals surface area contributed by atoms with Crippen LogP contribution in [0.2, 0.25) is 0 Å². The number of carbonyl (C=O) groups is 2. The molecular weight excluding hydrogens is 1040 g/mol. The molecule has 10 aromatic rings. The zero-order valence-electron chi connectivity index (χ0n) is 43.5. The van der Waals surface area contributed by atoms with Crippen molar-refractivity contribution in [2.75, 3.05) is 13.2 Å². The Kier molecular flexibility index (Phi) is 14.0. The third kappa shape index (κ3) is 9.97. The monoisotopic (exact) mass is 1090 g/mol. The number of hydrogen-bond donors (Lipinski definition) is 2. The summed E-state index contributed by atoms with van der Waals surface area (Å²) in [7, 11) is 0. The normalized spacial score (nSPS) is 17.4. The Morgan fingerprint density at radius 1 is 0.358 bits per heavy atom. The maximum absolute atomic E-state index is 15.6. The minimum absolute atomic E-state index is 0.235. The molecule has 4 bridgehead atoms. The lowest BCUT2D eigenvalue weighted by Gasteiger charge is -2.38. The van der Waals surface area contributed by atoms with Gasteiger partial charge in [-0.05, 0) is 102 Å². The van der Waals surface area contributed by atoms with Crippen LogP contribution in [0, 0.1) is 0 Å². The summed E-state index contributed by atoms with van der Waals surface area (Å²) in [4.78, 5) is 28.1. The van der Waals surface area contributed by atoms with Crippen LogP contribution in [-0.2, 0) is 28.2 Å². The molecule has 1 saturated carbocycles. The van der Waals surface area contributed by atoms with Crippen molar-refractivity contribution in [2.45, 2.75) is 68.7 Å². The first-order valence-corrected chi connectivity index (χ1v) is 26.7. The van der Waals surface area contributed by atoms with Crippen LogP contribution in [0.25, 0.3) is 65.3 Å². The molecule has 3 heterocycles. The Labute approximate surface area is 462 Å². The number of carbonyl (C=O) groups excluding carboxylic acids is 2. The van der Waals surface area contributed by atoms with Gasteiger partial charge in [0.05, 0.1) is 0 Å². The Hall–Kier alpha value is -9.04. The van der Waals surface area contributed by atoms with E-state index >= 15 is 26.3 Å². The van der Waals surface area contributed by atoms with E-state index in [2.05, 4.69) is 10.6 Å². The van der Waals surface area contributed by atoms with Gasteiger partial charge in [0.2, 0.25) is 5.41 Å². The van der Waals surface area contributed by atoms with E-state index in [1.54, 1.807) is 24.3 Å². The van der Waals surface area contributed by atoms with Crippen LogP contribution >= 0.6 is 0 Å². The summed E-state index contributed by atoms with van der Waals surface area (Å²) >= 11 is 0. The summed E-state index contributed by atoms with van der Waals surface area (Å²) in [6, 6.07) is 52.5. The van der Waals surface area contributed by atoms with Gasteiger partial charge in [-0.2, -0.15) is 26.3 Å². The lowest BCUT2D eigenvalue weighted by molar-refractivity contribution is -0.288. The molecule has 81 heavy (non-hydrogen) atoms. The minimum atomic E-state index is -5.84. The molecule has 3 aliphatic heterocycles. The Bertz CT molecular complexity index is 3750. The van der Waals surface area contributed by atoms with E-state index in [1.165, 1.54) is 24.3 Å². The fourth-order valence-corrected chi connectivity index (χ4v) is 11.8. The molecule has 1 aliphatic carbocycles. The van der Waals surface area contributed by atoms with Gasteiger partial charge < -0.3 is 29.6 Å². The highest BCUT2D eigenvalue weighted by Crippen LogP contribution is 2.56. The Balaban J connectivity index is 0.967. The van der Waals surface area contributed by atoms with Gasteiger partial charge in [-0.3, -0.25) is 9.59 Å². The van der Waals surface area contributed by atoms with Gasteiger partial charge in [-0.25, -0.2) is 0 Å². The predicted octanol–water partition coefficient (Wildman–Crippen LogP) is 15.5. The number of amides is 2. The number of alkyl halides is 6. The van der Waals surface area contributed by atoms with Crippen LogP contribution in [0.3, 0.4) is 0 Å². The Morgan fingerprint density at radius 2 is 0.642 bits per heavy atom. The van der Waals surface area contributed by atoms with Crippen molar-refractivity contribution in [3.63, 3.8) is 0 Å². The summed E-state index contributed by atoms with van der Waals surface area (Å²) in [5, 5.41) is 12.7. The molecule has 0 radical (unpaired) electrons. The van der Waals surface area contributed by atoms with Crippen LogP contribution in [0.1, 0.15) is 47.9 Å². The van der Waals surface area contributed by atoms with Gasteiger partial charge >= 0.3 is 12.4 Å². The molecule has 8 nitrogen and oxygen atoms in total. The smallest absolute Gasteiger partial charge is 0.411 e. The zero-order chi connectivity index (χ0) is 55.9. The number of benzene rings is 10. The molecule has 0 spiro atoms. The highest BCUT2D eigenvalue weighted by atomic mass is 19.4. The van der Waals surface area contributed by atoms with Crippen LogP contribution in [0.5, 0.6) is 23.0 Å². The molecular formula is C67H52F6N2O6. The molecule has 4 aliphatic rings. The second-order valence-corrected chi connectivity index (χ2v) is 20.6. The number of halogens is 6. The zero-order valence-corrected chi connectivity index (χ0v) is 43.5. The Morgan fingerprint density at radius 3 is 0.938 bits per heavy atom. The first-order valence-electron chi connectivity index (χ1n) is 26.7. The summed E-state index contributed by atoms with van der Waals surface area (Å²) in [5.74, 6) is 0.594. The molecule has 2 amide bonds. The van der Waals surface area contributed by atoms with Crippen molar-refractivity contribution in [1.29, 1.82) is 0 Å². The first kappa shape index (κ1) is 52.6. The quantitative estimate of drug-likeness (QED) is 0.147. The summed E-state index contributed by atoms with van der Waals surface area (Å²) in [5.41, 5.74) is -3.46. The van der Waals surface area contributed by atoms with Crippen molar-refractivity contribution >= 4 is 54.9 Å². The average Bonchev–Trinajstić information content (AvgIpc) is 3.47. The molecule has 408 valence electrons. The molecule has 1 fully saturated rings. The van der Waals surface area contributed by atoms with E-state index in [-0.39, 0.29) is 26.4 Å². The average molecular weight is 1100 g/mol. The fourth-order valence-electron chi connectivity index (χ4n) is 11.8. The predicted molar refractivity (Wildman–Crippen MR) is 302 cm³/mol. The molecule has 2 atom stereocenters. The van der Waals surface area contributed by atoms with E-state index in [0.29, 0.717) is 69.2 Å². The number of fused-ring (bicyclic) bond motifs is 6. The van der Waals surface area contributed by atoms with Crippen LogP contribution in [0.15, 0.2) is 194 Å². The number of ether oxygens (including phenoxy) is 4. The van der Waals surface area contributed by atoms with E-state index < -0.39 is 52.8 Å². The van der Waals surface area contributed by atoms with E-state index in [0.717, 1.165) is 80.2 Å². The number of hydrogen-bond acceptors (Lipinski definition) is 6.